The van der Waals surface area contributed by atoms with Crippen molar-refractivity contribution in [3.63, 3.8) is 0 Å². The van der Waals surface area contributed by atoms with Gasteiger partial charge in [-0.3, -0.25) is 4.57 Å². The molecule has 27 heavy (non-hydrogen) atoms. The van der Waals surface area contributed by atoms with Crippen LogP contribution in [0.25, 0.3) is 0 Å². The fraction of sp³-hybridized carbons (Fsp3) is 0.353. The lowest BCUT2D eigenvalue weighted by molar-refractivity contribution is 0.215. The predicted octanol–water partition coefficient (Wildman–Crippen LogP) is 3.55. The van der Waals surface area contributed by atoms with Crippen LogP contribution in [0.15, 0.2) is 35.7 Å². The van der Waals surface area contributed by atoms with Crippen molar-refractivity contribution in [3.8, 4) is 0 Å². The highest BCUT2D eigenvalue weighted by Crippen LogP contribution is 2.51. The molecule has 146 valence electrons. The number of hydrogen-bond acceptors (Lipinski definition) is 9. The van der Waals surface area contributed by atoms with Crippen LogP contribution >= 0.6 is 7.60 Å². The molecule has 1 aromatic heterocycles. The van der Waals surface area contributed by atoms with Crippen molar-refractivity contribution < 1.29 is 18.5 Å². The second kappa shape index (κ2) is 10.0. The number of hydrogen-bond donors (Lipinski definition) is 2. The van der Waals surface area contributed by atoms with Gasteiger partial charge in [-0.05, 0) is 31.5 Å². The molecule has 10 heteroatoms. The number of nitrogens with one attached hydrogen (secondary N) is 1. The first kappa shape index (κ1) is 20.8. The van der Waals surface area contributed by atoms with Gasteiger partial charge in [-0.15, -0.1) is 0 Å². The van der Waals surface area contributed by atoms with Crippen LogP contribution in [-0.4, -0.2) is 36.5 Å². The number of aromatic nitrogens is 2. The van der Waals surface area contributed by atoms with E-state index >= 15 is 0 Å². The lowest BCUT2D eigenvalue weighted by atomic mass is 10.2. The van der Waals surface area contributed by atoms with Gasteiger partial charge in [0.2, 0.25) is 0 Å². The SMILES string of the molecule is CCOP(=O)(Cc1ccc(Nc2ncnc(N)c2/C=N/OC)cc1)OCC. The molecule has 0 radical (unpaired) electrons. The van der Waals surface area contributed by atoms with Crippen molar-refractivity contribution in [2.24, 2.45) is 5.16 Å². The van der Waals surface area contributed by atoms with Crippen LogP contribution in [0.1, 0.15) is 25.0 Å². The molecule has 0 saturated heterocycles. The first-order valence-corrected chi connectivity index (χ1v) is 10.1. The van der Waals surface area contributed by atoms with E-state index in [1.165, 1.54) is 19.7 Å². The lowest BCUT2D eigenvalue weighted by Gasteiger charge is -2.17. The molecule has 0 spiro atoms. The maximum atomic E-state index is 12.6. The Morgan fingerprint density at radius 3 is 2.44 bits per heavy atom. The van der Waals surface area contributed by atoms with Gasteiger partial charge in [-0.2, -0.15) is 0 Å². The number of nitrogen functional groups attached to an aromatic ring is 1. The molecule has 2 aromatic rings. The first-order chi connectivity index (χ1) is 13.0. The van der Waals surface area contributed by atoms with Crippen LogP contribution in [0, 0.1) is 0 Å². The second-order valence-electron chi connectivity index (χ2n) is 5.36. The zero-order chi connectivity index (χ0) is 19.7. The highest BCUT2D eigenvalue weighted by molar-refractivity contribution is 7.53. The Morgan fingerprint density at radius 1 is 1.19 bits per heavy atom. The van der Waals surface area contributed by atoms with E-state index in [2.05, 4.69) is 25.3 Å². The zero-order valence-electron chi connectivity index (χ0n) is 15.6. The van der Waals surface area contributed by atoms with Crippen LogP contribution in [0.5, 0.6) is 0 Å². The average Bonchev–Trinajstić information content (AvgIpc) is 2.63. The molecule has 1 aromatic carbocycles. The van der Waals surface area contributed by atoms with E-state index in [1.54, 1.807) is 13.8 Å². The normalized spacial score (nSPS) is 11.7. The van der Waals surface area contributed by atoms with Crippen molar-refractivity contribution in [2.45, 2.75) is 20.0 Å². The second-order valence-corrected chi connectivity index (χ2v) is 7.42. The van der Waals surface area contributed by atoms with Crippen molar-refractivity contribution in [2.75, 3.05) is 31.4 Å². The molecule has 0 saturated carbocycles. The molecular weight excluding hydrogens is 369 g/mol. The van der Waals surface area contributed by atoms with E-state index < -0.39 is 7.60 Å². The molecular formula is C17H24N5O4P. The average molecular weight is 393 g/mol. The monoisotopic (exact) mass is 393 g/mol. The third-order valence-electron chi connectivity index (χ3n) is 3.45. The van der Waals surface area contributed by atoms with Gasteiger partial charge in [0.05, 0.1) is 31.2 Å². The molecule has 0 aliphatic carbocycles. The number of rotatable bonds is 10. The Hall–Kier alpha value is -2.48. The van der Waals surface area contributed by atoms with Crippen molar-refractivity contribution >= 4 is 31.1 Å². The zero-order valence-corrected chi connectivity index (χ0v) is 16.5. The highest BCUT2D eigenvalue weighted by atomic mass is 31.2. The predicted molar refractivity (Wildman–Crippen MR) is 105 cm³/mol. The Balaban J connectivity index is 2.16. The molecule has 9 nitrogen and oxygen atoms in total. The van der Waals surface area contributed by atoms with E-state index in [0.717, 1.165) is 11.3 Å². The van der Waals surface area contributed by atoms with E-state index in [1.807, 2.05) is 24.3 Å². The largest absolute Gasteiger partial charge is 0.399 e. The summed E-state index contributed by atoms with van der Waals surface area (Å²) in [6, 6.07) is 7.38. The van der Waals surface area contributed by atoms with Gasteiger partial charge < -0.3 is 24.9 Å². The maximum absolute atomic E-state index is 12.6. The van der Waals surface area contributed by atoms with E-state index in [9.17, 15) is 4.57 Å². The molecule has 0 fully saturated rings. The Morgan fingerprint density at radius 2 is 1.85 bits per heavy atom. The summed E-state index contributed by atoms with van der Waals surface area (Å²) in [7, 11) is -1.70. The number of oxime groups is 1. The summed E-state index contributed by atoms with van der Waals surface area (Å²) in [6.07, 6.45) is 3.00. The number of anilines is 3. The summed E-state index contributed by atoms with van der Waals surface area (Å²) in [4.78, 5) is 12.8. The molecule has 0 atom stereocenters. The van der Waals surface area contributed by atoms with Crippen LogP contribution < -0.4 is 11.1 Å². The summed E-state index contributed by atoms with van der Waals surface area (Å²) < 4.78 is 23.3. The molecule has 0 amide bonds. The minimum absolute atomic E-state index is 0.209. The summed E-state index contributed by atoms with van der Waals surface area (Å²) in [6.45, 7) is 4.24. The number of nitrogens with two attached hydrogens (primary N) is 1. The van der Waals surface area contributed by atoms with Gasteiger partial charge >= 0.3 is 7.60 Å². The van der Waals surface area contributed by atoms with Crippen molar-refractivity contribution in [1.82, 2.24) is 9.97 Å². The highest BCUT2D eigenvalue weighted by Gasteiger charge is 2.23. The standard InChI is InChI=1S/C17H24N5O4P/c1-4-25-27(23,26-5-2)11-13-6-8-14(9-7-13)22-17-15(10-21-24-3)16(18)19-12-20-17/h6-10,12H,4-5,11H2,1-3H3,(H3,18,19,20,22)/b21-10+. The van der Waals surface area contributed by atoms with Gasteiger partial charge in [0.1, 0.15) is 25.1 Å². The Bertz CT molecular complexity index is 803. The molecule has 0 aliphatic heterocycles. The summed E-state index contributed by atoms with van der Waals surface area (Å²) in [5, 5.41) is 6.86. The maximum Gasteiger partial charge on any atom is 0.335 e. The third kappa shape index (κ3) is 6.02. The van der Waals surface area contributed by atoms with Gasteiger partial charge in [0.15, 0.2) is 0 Å². The summed E-state index contributed by atoms with van der Waals surface area (Å²) >= 11 is 0. The molecule has 0 unspecified atom stereocenters. The number of benzene rings is 1. The molecule has 0 aliphatic rings. The van der Waals surface area contributed by atoms with Gasteiger partial charge in [0, 0.05) is 5.69 Å². The topological polar surface area (TPSA) is 121 Å². The molecule has 0 bridgehead atoms. The lowest BCUT2D eigenvalue weighted by Crippen LogP contribution is -2.05. The smallest absolute Gasteiger partial charge is 0.335 e. The van der Waals surface area contributed by atoms with Crippen LogP contribution in [-0.2, 0) is 24.6 Å². The summed E-state index contributed by atoms with van der Waals surface area (Å²) in [5.41, 5.74) is 8.00. The summed E-state index contributed by atoms with van der Waals surface area (Å²) in [5.74, 6) is 0.768. The molecule has 3 N–H and O–H groups in total. The van der Waals surface area contributed by atoms with Crippen LogP contribution in [0.2, 0.25) is 0 Å². The molecule has 2 rings (SSSR count). The van der Waals surface area contributed by atoms with Crippen molar-refractivity contribution in [1.29, 1.82) is 0 Å². The Kier molecular flexibility index (Phi) is 7.72. The third-order valence-corrected chi connectivity index (χ3v) is 5.50. The van der Waals surface area contributed by atoms with Gasteiger partial charge in [0.25, 0.3) is 0 Å². The minimum atomic E-state index is -3.14. The van der Waals surface area contributed by atoms with Crippen LogP contribution in [0.3, 0.4) is 0 Å². The van der Waals surface area contributed by atoms with Crippen molar-refractivity contribution in [3.05, 3.63) is 41.7 Å². The van der Waals surface area contributed by atoms with E-state index in [4.69, 9.17) is 14.8 Å². The molecule has 1 heterocycles. The first-order valence-electron chi connectivity index (χ1n) is 8.42. The van der Waals surface area contributed by atoms with E-state index in [-0.39, 0.29) is 12.0 Å². The number of nitrogens with zero attached hydrogens (tertiary/aromatic N) is 3. The fourth-order valence-electron chi connectivity index (χ4n) is 2.32. The van der Waals surface area contributed by atoms with Gasteiger partial charge in [-0.1, -0.05) is 17.3 Å². The quantitative estimate of drug-likeness (QED) is 0.357. The fourth-order valence-corrected chi connectivity index (χ4v) is 4.02. The minimum Gasteiger partial charge on any atom is -0.399 e. The Labute approximate surface area is 158 Å². The van der Waals surface area contributed by atoms with Gasteiger partial charge in [-0.25, -0.2) is 9.97 Å². The van der Waals surface area contributed by atoms with E-state index in [0.29, 0.717) is 24.6 Å². The van der Waals surface area contributed by atoms with Crippen LogP contribution in [0.4, 0.5) is 17.3 Å².